The third-order valence-corrected chi connectivity index (χ3v) is 3.96. The summed E-state index contributed by atoms with van der Waals surface area (Å²) in [5, 5.41) is 11.4. The van der Waals surface area contributed by atoms with Crippen LogP contribution in [0.4, 0.5) is 5.69 Å². The van der Waals surface area contributed by atoms with Gasteiger partial charge in [-0.15, -0.1) is 24.8 Å². The molecule has 0 radical (unpaired) electrons. The largest absolute Gasteiger partial charge is 0.508 e. The molecule has 0 saturated carbocycles. The molecule has 2 aliphatic heterocycles. The first-order valence-electron chi connectivity index (χ1n) is 7.44. The molecule has 0 atom stereocenters. The third-order valence-electron chi connectivity index (χ3n) is 3.96. The van der Waals surface area contributed by atoms with Gasteiger partial charge in [-0.2, -0.15) is 0 Å². The molecular formula is C16H24Cl2N4O. The van der Waals surface area contributed by atoms with E-state index >= 15 is 0 Å². The molecule has 3 rings (SSSR count). The number of halogens is 2. The van der Waals surface area contributed by atoms with Crippen molar-refractivity contribution in [2.75, 3.05) is 44.2 Å². The normalized spacial score (nSPS) is 17.2. The second kappa shape index (κ2) is 9.55. The number of hydrogen-bond donors (Lipinski definition) is 2. The smallest absolute Gasteiger partial charge is 0.115 e. The molecule has 2 aliphatic rings. The van der Waals surface area contributed by atoms with Crippen molar-refractivity contribution in [3.05, 3.63) is 48.8 Å². The number of nitrogens with one attached hydrogen (secondary N) is 1. The number of phenols is 1. The topological polar surface area (TPSA) is 42.0 Å². The quantitative estimate of drug-likeness (QED) is 0.863. The number of rotatable bonds is 4. The molecule has 1 aromatic carbocycles. The number of nitrogens with zero attached hydrogens (tertiary/aromatic N) is 3. The van der Waals surface area contributed by atoms with Gasteiger partial charge in [-0.1, -0.05) is 0 Å². The summed E-state index contributed by atoms with van der Waals surface area (Å²) in [6.45, 7) is 6.28. The zero-order chi connectivity index (χ0) is 14.5. The van der Waals surface area contributed by atoms with Crippen LogP contribution in [0, 0.1) is 0 Å². The first kappa shape index (κ1) is 19.5. The number of benzene rings is 1. The van der Waals surface area contributed by atoms with E-state index in [0.29, 0.717) is 5.75 Å². The van der Waals surface area contributed by atoms with Crippen molar-refractivity contribution in [1.82, 2.24) is 15.3 Å². The number of allylic oxidation sites excluding steroid dienone is 2. The predicted molar refractivity (Wildman–Crippen MR) is 99.4 cm³/mol. The van der Waals surface area contributed by atoms with Gasteiger partial charge in [0.25, 0.3) is 0 Å². The van der Waals surface area contributed by atoms with Crippen molar-refractivity contribution in [3.8, 4) is 5.75 Å². The fourth-order valence-corrected chi connectivity index (χ4v) is 2.67. The molecule has 23 heavy (non-hydrogen) atoms. The number of hydrogen-bond acceptors (Lipinski definition) is 5. The lowest BCUT2D eigenvalue weighted by molar-refractivity contribution is 0.209. The third kappa shape index (κ3) is 5.53. The minimum atomic E-state index is 0. The highest BCUT2D eigenvalue weighted by atomic mass is 35.5. The maximum Gasteiger partial charge on any atom is 0.115 e. The average molecular weight is 359 g/mol. The average Bonchev–Trinajstić information content (AvgIpc) is 2.55. The Kier molecular flexibility index (Phi) is 8.09. The highest BCUT2D eigenvalue weighted by molar-refractivity contribution is 5.85. The van der Waals surface area contributed by atoms with E-state index < -0.39 is 0 Å². The lowest BCUT2D eigenvalue weighted by atomic mass is 10.2. The van der Waals surface area contributed by atoms with Gasteiger partial charge in [-0.25, -0.2) is 0 Å². The molecule has 1 saturated heterocycles. The fourth-order valence-electron chi connectivity index (χ4n) is 2.67. The summed E-state index contributed by atoms with van der Waals surface area (Å²) in [6.07, 6.45) is 8.04. The lowest BCUT2D eigenvalue weighted by Crippen LogP contribution is -2.49. The standard InChI is InChI=1S/C16H22N4O.2ClH/c21-16-5-3-15(4-6-16)19-12-9-18(10-13-19)11-14-20-8-2-1-7-17-20;;/h1-8,17,21H,9-14H2;2*1H. The molecule has 128 valence electrons. The van der Waals surface area contributed by atoms with E-state index in [4.69, 9.17) is 0 Å². The van der Waals surface area contributed by atoms with Crippen molar-refractivity contribution >= 4 is 30.5 Å². The highest BCUT2D eigenvalue weighted by Gasteiger charge is 2.17. The first-order valence-corrected chi connectivity index (χ1v) is 7.44. The van der Waals surface area contributed by atoms with Crippen LogP contribution < -0.4 is 10.3 Å². The molecule has 0 aromatic heterocycles. The molecule has 0 amide bonds. The van der Waals surface area contributed by atoms with Crippen LogP contribution in [0.15, 0.2) is 48.8 Å². The monoisotopic (exact) mass is 358 g/mol. The van der Waals surface area contributed by atoms with Gasteiger partial charge in [-0.05, 0) is 36.4 Å². The van der Waals surface area contributed by atoms with E-state index in [9.17, 15) is 5.11 Å². The van der Waals surface area contributed by atoms with Gasteiger partial charge in [0, 0.05) is 50.8 Å². The van der Waals surface area contributed by atoms with E-state index in [1.165, 1.54) is 5.69 Å². The molecule has 2 N–H and O–H groups in total. The predicted octanol–water partition coefficient (Wildman–Crippen LogP) is 2.21. The van der Waals surface area contributed by atoms with E-state index in [1.54, 1.807) is 12.1 Å². The summed E-state index contributed by atoms with van der Waals surface area (Å²) >= 11 is 0. The summed E-state index contributed by atoms with van der Waals surface area (Å²) in [5.74, 6) is 0.327. The number of aromatic hydroxyl groups is 1. The minimum Gasteiger partial charge on any atom is -0.508 e. The van der Waals surface area contributed by atoms with Crippen LogP contribution in [-0.2, 0) is 0 Å². The van der Waals surface area contributed by atoms with Crippen molar-refractivity contribution in [2.45, 2.75) is 0 Å². The van der Waals surface area contributed by atoms with Gasteiger partial charge in [-0.3, -0.25) is 9.91 Å². The van der Waals surface area contributed by atoms with Gasteiger partial charge in [0.2, 0.25) is 0 Å². The summed E-state index contributed by atoms with van der Waals surface area (Å²) in [6, 6.07) is 7.48. The second-order valence-corrected chi connectivity index (χ2v) is 5.37. The van der Waals surface area contributed by atoms with Crippen LogP contribution >= 0.6 is 24.8 Å². The molecule has 1 fully saturated rings. The zero-order valence-corrected chi connectivity index (χ0v) is 14.6. The number of phenolic OH excluding ortho intramolecular Hbond substituents is 1. The van der Waals surface area contributed by atoms with Gasteiger partial charge >= 0.3 is 0 Å². The summed E-state index contributed by atoms with van der Waals surface area (Å²) < 4.78 is 0. The van der Waals surface area contributed by atoms with E-state index in [1.807, 2.05) is 30.5 Å². The van der Waals surface area contributed by atoms with Crippen LogP contribution in [-0.4, -0.2) is 54.3 Å². The number of piperazine rings is 1. The molecular weight excluding hydrogens is 335 g/mol. The fraction of sp³-hybridized carbons (Fsp3) is 0.375. The molecule has 2 heterocycles. The Hall–Kier alpha value is -1.56. The Morgan fingerprint density at radius 2 is 1.61 bits per heavy atom. The number of anilines is 1. The van der Waals surface area contributed by atoms with E-state index in [0.717, 1.165) is 39.3 Å². The van der Waals surface area contributed by atoms with Gasteiger partial charge < -0.3 is 15.4 Å². The highest BCUT2D eigenvalue weighted by Crippen LogP contribution is 2.19. The lowest BCUT2D eigenvalue weighted by Gasteiger charge is -2.37. The number of hydrazine groups is 1. The summed E-state index contributed by atoms with van der Waals surface area (Å²) in [7, 11) is 0. The SMILES string of the molecule is Cl.Cl.Oc1ccc(N2CCN(CCN3C=CC=CN3)CC2)cc1. The van der Waals surface area contributed by atoms with Crippen molar-refractivity contribution in [1.29, 1.82) is 0 Å². The van der Waals surface area contributed by atoms with Crippen molar-refractivity contribution < 1.29 is 5.11 Å². The maximum atomic E-state index is 9.34. The second-order valence-electron chi connectivity index (χ2n) is 5.37. The molecule has 7 heteroatoms. The Balaban J connectivity index is 0.00000132. The Bertz CT molecular complexity index is 513. The van der Waals surface area contributed by atoms with E-state index in [-0.39, 0.29) is 24.8 Å². The Morgan fingerprint density at radius 1 is 0.913 bits per heavy atom. The molecule has 5 nitrogen and oxygen atoms in total. The Morgan fingerprint density at radius 3 is 2.22 bits per heavy atom. The van der Waals surface area contributed by atoms with Crippen LogP contribution in [0.1, 0.15) is 0 Å². The first-order chi connectivity index (χ1) is 10.3. The Labute approximate surface area is 150 Å². The van der Waals surface area contributed by atoms with Crippen LogP contribution in [0.25, 0.3) is 0 Å². The van der Waals surface area contributed by atoms with Crippen molar-refractivity contribution in [2.24, 2.45) is 0 Å². The minimum absolute atomic E-state index is 0. The molecule has 0 unspecified atom stereocenters. The molecule has 1 aromatic rings. The van der Waals surface area contributed by atoms with Gasteiger partial charge in [0.1, 0.15) is 5.75 Å². The molecule has 0 aliphatic carbocycles. The zero-order valence-electron chi connectivity index (χ0n) is 13.0. The van der Waals surface area contributed by atoms with Crippen molar-refractivity contribution in [3.63, 3.8) is 0 Å². The molecule has 0 bridgehead atoms. The van der Waals surface area contributed by atoms with Gasteiger partial charge in [0.05, 0.1) is 6.54 Å². The van der Waals surface area contributed by atoms with Crippen LogP contribution in [0.3, 0.4) is 0 Å². The summed E-state index contributed by atoms with van der Waals surface area (Å²) in [5.41, 5.74) is 4.40. The van der Waals surface area contributed by atoms with Gasteiger partial charge in [0.15, 0.2) is 0 Å². The van der Waals surface area contributed by atoms with E-state index in [2.05, 4.69) is 26.4 Å². The maximum absolute atomic E-state index is 9.34. The van der Waals surface area contributed by atoms with Crippen LogP contribution in [0.5, 0.6) is 5.75 Å². The summed E-state index contributed by atoms with van der Waals surface area (Å²) in [4.78, 5) is 4.86. The van der Waals surface area contributed by atoms with Crippen LogP contribution in [0.2, 0.25) is 0 Å². The molecule has 0 spiro atoms.